The molecule has 6 heteroatoms. The Morgan fingerprint density at radius 2 is 0.520 bits per heavy atom. The highest BCUT2D eigenvalue weighted by atomic mass is 16.6. The monoisotopic (exact) mass is 1030 g/mol. The van der Waals surface area contributed by atoms with E-state index in [1.165, 1.54) is 25.7 Å². The summed E-state index contributed by atoms with van der Waals surface area (Å²) in [6.45, 7) is 6.29. The van der Waals surface area contributed by atoms with Crippen LogP contribution >= 0.6 is 0 Å². The van der Waals surface area contributed by atoms with Crippen molar-refractivity contribution in [2.75, 3.05) is 13.2 Å². The van der Waals surface area contributed by atoms with Crippen LogP contribution in [0.2, 0.25) is 0 Å². The third-order valence-corrected chi connectivity index (χ3v) is 11.7. The molecule has 0 fully saturated rings. The first-order valence-corrected chi connectivity index (χ1v) is 29.6. The molecule has 0 amide bonds. The summed E-state index contributed by atoms with van der Waals surface area (Å²) in [4.78, 5) is 37.9. The van der Waals surface area contributed by atoms with Crippen LogP contribution in [0.15, 0.2) is 170 Å². The van der Waals surface area contributed by atoms with Crippen molar-refractivity contribution in [3.8, 4) is 0 Å². The molecule has 75 heavy (non-hydrogen) atoms. The fraction of sp³-hybridized carbons (Fsp3) is 0.551. The van der Waals surface area contributed by atoms with Gasteiger partial charge in [0, 0.05) is 19.3 Å². The Morgan fingerprint density at radius 3 is 0.840 bits per heavy atom. The lowest BCUT2D eigenvalue weighted by Gasteiger charge is -2.18. The van der Waals surface area contributed by atoms with E-state index in [2.05, 4.69) is 191 Å². The highest BCUT2D eigenvalue weighted by Crippen LogP contribution is 2.12. The third kappa shape index (κ3) is 59.5. The van der Waals surface area contributed by atoms with Crippen LogP contribution in [0.4, 0.5) is 0 Å². The van der Waals surface area contributed by atoms with E-state index in [1.807, 2.05) is 0 Å². The minimum atomic E-state index is -0.814. The molecule has 0 aromatic heterocycles. The SMILES string of the molecule is CC/C=C\C/C=C\C/C=C\C/C=C\C/C=C\C/C=C\C/C=C\C/C=C\C/C=C\C/C=C\CCCCC(=O)OCC(COC(=O)CCCCCCCCC)OC(=O)CCCCCC/C=C\C/C=C\C/C=C\C/C=C\CC. The maximum atomic E-state index is 12.8. The van der Waals surface area contributed by atoms with Crippen molar-refractivity contribution in [2.24, 2.45) is 0 Å². The molecule has 0 aromatic carbocycles. The molecule has 6 nitrogen and oxygen atoms in total. The van der Waals surface area contributed by atoms with Crippen LogP contribution in [0.3, 0.4) is 0 Å². The number of hydrogen-bond acceptors (Lipinski definition) is 6. The highest BCUT2D eigenvalue weighted by molar-refractivity contribution is 5.71. The molecule has 0 heterocycles. The molecule has 0 aliphatic rings. The Labute approximate surface area is 460 Å². The summed E-state index contributed by atoms with van der Waals surface area (Å²) in [5.74, 6) is -0.997. The van der Waals surface area contributed by atoms with Gasteiger partial charge in [0.15, 0.2) is 6.10 Å². The van der Waals surface area contributed by atoms with Crippen LogP contribution in [-0.4, -0.2) is 37.2 Å². The largest absolute Gasteiger partial charge is 0.462 e. The standard InChI is InChI=1S/C69H106O6/c1-4-7-10-13-16-18-20-22-24-26-27-28-29-30-31-32-33-34-35-36-37-38-39-40-41-43-44-46-48-50-53-56-59-62-68(71)74-65-66(64-73-67(70)61-58-55-52-15-12-9-6-3)75-69(72)63-60-57-54-51-49-47-45-42-25-23-21-19-17-14-11-8-5-2/h7-8,10-11,16-19,22-25,27-28,30-31,33-34,36-37,39-40,43-45,47-48,50,66H,4-6,9,12-15,20-21,26,29,32,35,38,41-42,46,49,51-65H2,1-3H3/b10-7-,11-8-,18-16-,19-17-,24-22-,25-23-,28-27-,31-30-,34-33-,37-36-,40-39-,44-43-,47-45-,50-48-. The van der Waals surface area contributed by atoms with Crippen molar-refractivity contribution in [3.05, 3.63) is 170 Å². The zero-order valence-corrected chi connectivity index (χ0v) is 47.7. The first kappa shape index (κ1) is 69.8. The molecule has 1 atom stereocenters. The molecule has 0 saturated carbocycles. The molecular formula is C69H106O6. The second kappa shape index (κ2) is 61.3. The van der Waals surface area contributed by atoms with Crippen molar-refractivity contribution >= 4 is 17.9 Å². The van der Waals surface area contributed by atoms with E-state index in [9.17, 15) is 14.4 Å². The molecule has 418 valence electrons. The molecule has 0 saturated heterocycles. The topological polar surface area (TPSA) is 78.9 Å². The number of carbonyl (C=O) groups is 3. The number of esters is 3. The van der Waals surface area contributed by atoms with Crippen molar-refractivity contribution in [2.45, 2.75) is 232 Å². The molecule has 0 bridgehead atoms. The van der Waals surface area contributed by atoms with Crippen LogP contribution < -0.4 is 0 Å². The van der Waals surface area contributed by atoms with Gasteiger partial charge in [0.05, 0.1) is 0 Å². The fourth-order valence-electron chi connectivity index (χ4n) is 7.34. The molecule has 0 aromatic rings. The zero-order valence-electron chi connectivity index (χ0n) is 47.7. The van der Waals surface area contributed by atoms with E-state index in [0.29, 0.717) is 12.8 Å². The average Bonchev–Trinajstić information content (AvgIpc) is 3.41. The summed E-state index contributed by atoms with van der Waals surface area (Å²) in [5.41, 5.74) is 0. The van der Waals surface area contributed by atoms with Gasteiger partial charge in [0.25, 0.3) is 0 Å². The van der Waals surface area contributed by atoms with Gasteiger partial charge >= 0.3 is 17.9 Å². The van der Waals surface area contributed by atoms with Crippen LogP contribution in [-0.2, 0) is 28.6 Å². The Bertz CT molecular complexity index is 1750. The zero-order chi connectivity index (χ0) is 54.3. The molecule has 0 radical (unpaired) electrons. The minimum absolute atomic E-state index is 0.109. The van der Waals surface area contributed by atoms with Crippen molar-refractivity contribution < 1.29 is 28.6 Å². The third-order valence-electron chi connectivity index (χ3n) is 11.7. The first-order chi connectivity index (χ1) is 37.0. The second-order valence-electron chi connectivity index (χ2n) is 18.8. The van der Waals surface area contributed by atoms with Gasteiger partial charge in [-0.05, 0) is 135 Å². The van der Waals surface area contributed by atoms with E-state index >= 15 is 0 Å². The van der Waals surface area contributed by atoms with Gasteiger partial charge in [-0.25, -0.2) is 0 Å². The van der Waals surface area contributed by atoms with Crippen LogP contribution in [0.25, 0.3) is 0 Å². The molecule has 0 N–H and O–H groups in total. The minimum Gasteiger partial charge on any atom is -0.462 e. The molecular weight excluding hydrogens is 925 g/mol. The van der Waals surface area contributed by atoms with Gasteiger partial charge in [-0.15, -0.1) is 0 Å². The highest BCUT2D eigenvalue weighted by Gasteiger charge is 2.19. The second-order valence-corrected chi connectivity index (χ2v) is 18.8. The Kier molecular flexibility index (Phi) is 57.0. The number of rotatable bonds is 51. The maximum absolute atomic E-state index is 12.8. The van der Waals surface area contributed by atoms with Gasteiger partial charge in [0.1, 0.15) is 13.2 Å². The van der Waals surface area contributed by atoms with Gasteiger partial charge in [-0.3, -0.25) is 14.4 Å². The van der Waals surface area contributed by atoms with Crippen LogP contribution in [0.5, 0.6) is 0 Å². The summed E-state index contributed by atoms with van der Waals surface area (Å²) >= 11 is 0. The van der Waals surface area contributed by atoms with E-state index in [4.69, 9.17) is 14.2 Å². The summed E-state index contributed by atoms with van der Waals surface area (Å²) < 4.78 is 16.7. The van der Waals surface area contributed by atoms with E-state index in [-0.39, 0.29) is 44.0 Å². The molecule has 0 spiro atoms. The Hall–Kier alpha value is -5.23. The predicted octanol–water partition coefficient (Wildman–Crippen LogP) is 20.3. The molecule has 0 aliphatic carbocycles. The Balaban J connectivity index is 4.31. The summed E-state index contributed by atoms with van der Waals surface area (Å²) in [6.07, 6.45) is 90.9. The summed E-state index contributed by atoms with van der Waals surface area (Å²) in [5, 5.41) is 0. The lowest BCUT2D eigenvalue weighted by molar-refractivity contribution is -0.167. The summed E-state index contributed by atoms with van der Waals surface area (Å²) in [6, 6.07) is 0. The van der Waals surface area contributed by atoms with E-state index < -0.39 is 6.10 Å². The van der Waals surface area contributed by atoms with Crippen LogP contribution in [0, 0.1) is 0 Å². The predicted molar refractivity (Wildman–Crippen MR) is 325 cm³/mol. The lowest BCUT2D eigenvalue weighted by Crippen LogP contribution is -2.30. The van der Waals surface area contributed by atoms with Gasteiger partial charge < -0.3 is 14.2 Å². The van der Waals surface area contributed by atoms with Gasteiger partial charge in [-0.2, -0.15) is 0 Å². The van der Waals surface area contributed by atoms with Crippen molar-refractivity contribution in [3.63, 3.8) is 0 Å². The molecule has 1 unspecified atom stereocenters. The Morgan fingerprint density at radius 1 is 0.280 bits per heavy atom. The number of ether oxygens (including phenoxy) is 3. The maximum Gasteiger partial charge on any atom is 0.306 e. The summed E-state index contributed by atoms with van der Waals surface area (Å²) in [7, 11) is 0. The number of unbranched alkanes of at least 4 members (excludes halogenated alkanes) is 12. The first-order valence-electron chi connectivity index (χ1n) is 29.6. The number of allylic oxidation sites excluding steroid dienone is 28. The fourth-order valence-corrected chi connectivity index (χ4v) is 7.34. The van der Waals surface area contributed by atoms with E-state index in [0.717, 1.165) is 154 Å². The van der Waals surface area contributed by atoms with Crippen molar-refractivity contribution in [1.82, 2.24) is 0 Å². The van der Waals surface area contributed by atoms with Gasteiger partial charge in [0.2, 0.25) is 0 Å². The quantitative estimate of drug-likeness (QED) is 0.0261. The van der Waals surface area contributed by atoms with E-state index in [1.54, 1.807) is 0 Å². The van der Waals surface area contributed by atoms with Gasteiger partial charge in [-0.1, -0.05) is 242 Å². The normalized spacial score (nSPS) is 13.4. The molecule has 0 rings (SSSR count). The number of hydrogen-bond donors (Lipinski definition) is 0. The van der Waals surface area contributed by atoms with Crippen LogP contribution in [0.1, 0.15) is 226 Å². The lowest BCUT2D eigenvalue weighted by atomic mass is 10.1. The van der Waals surface area contributed by atoms with Crippen molar-refractivity contribution in [1.29, 1.82) is 0 Å². The number of carbonyl (C=O) groups excluding carboxylic acids is 3. The average molecular weight is 1030 g/mol. The molecule has 0 aliphatic heterocycles. The smallest absolute Gasteiger partial charge is 0.306 e.